The van der Waals surface area contributed by atoms with Crippen LogP contribution in [0.25, 0.3) is 6.08 Å². The van der Waals surface area contributed by atoms with Gasteiger partial charge in [-0.25, -0.2) is 4.98 Å². The van der Waals surface area contributed by atoms with Gasteiger partial charge in [-0.3, -0.25) is 4.79 Å². The van der Waals surface area contributed by atoms with Crippen LogP contribution in [0.4, 0.5) is 0 Å². The van der Waals surface area contributed by atoms with Crippen LogP contribution in [-0.2, 0) is 11.2 Å². The first-order valence-corrected chi connectivity index (χ1v) is 6.22. The minimum atomic E-state index is -0.168. The third-order valence-electron chi connectivity index (χ3n) is 2.66. The maximum atomic E-state index is 11.6. The molecule has 0 spiro atoms. The molecule has 2 rings (SSSR count). The van der Waals surface area contributed by atoms with E-state index in [1.54, 1.807) is 36.7 Å². The Morgan fingerprint density at radius 3 is 3.15 bits per heavy atom. The highest BCUT2D eigenvalue weighted by Crippen LogP contribution is 2.05. The lowest BCUT2D eigenvalue weighted by Gasteiger charge is -2.00. The second-order valence-corrected chi connectivity index (χ2v) is 4.15. The fraction of sp³-hybridized carbons (Fsp3) is 0.133. The quantitative estimate of drug-likeness (QED) is 0.807. The second kappa shape index (κ2) is 6.90. The lowest BCUT2D eigenvalue weighted by Crippen LogP contribution is -2.23. The van der Waals surface area contributed by atoms with Crippen molar-refractivity contribution < 1.29 is 4.79 Å². The SMILES string of the molecule is N#Cc1cccc(/C=C/C(=O)NCCc2ncc[nH]2)c1. The Balaban J connectivity index is 1.81. The summed E-state index contributed by atoms with van der Waals surface area (Å²) in [7, 11) is 0. The molecule has 1 heterocycles. The monoisotopic (exact) mass is 266 g/mol. The molecule has 0 aliphatic rings. The molecule has 0 saturated carbocycles. The van der Waals surface area contributed by atoms with E-state index in [1.807, 2.05) is 6.07 Å². The molecule has 1 aromatic heterocycles. The molecule has 20 heavy (non-hydrogen) atoms. The predicted molar refractivity (Wildman–Crippen MR) is 75.5 cm³/mol. The fourth-order valence-electron chi connectivity index (χ4n) is 1.68. The van der Waals surface area contributed by atoms with E-state index in [-0.39, 0.29) is 5.91 Å². The average molecular weight is 266 g/mol. The van der Waals surface area contributed by atoms with E-state index in [9.17, 15) is 4.79 Å². The zero-order valence-electron chi connectivity index (χ0n) is 10.8. The molecule has 0 bridgehead atoms. The van der Waals surface area contributed by atoms with Crippen LogP contribution in [0.1, 0.15) is 17.0 Å². The Morgan fingerprint density at radius 2 is 2.40 bits per heavy atom. The van der Waals surface area contributed by atoms with Crippen molar-refractivity contribution in [2.75, 3.05) is 6.54 Å². The standard InChI is InChI=1S/C15H14N4O/c16-11-13-3-1-2-12(10-13)4-5-15(20)19-7-6-14-17-8-9-18-14/h1-5,8-10H,6-7H2,(H,17,18)(H,19,20)/b5-4+. The molecule has 5 heteroatoms. The molecule has 0 unspecified atom stereocenters. The third kappa shape index (κ3) is 4.10. The van der Waals surface area contributed by atoms with E-state index in [4.69, 9.17) is 5.26 Å². The smallest absolute Gasteiger partial charge is 0.244 e. The van der Waals surface area contributed by atoms with Gasteiger partial charge < -0.3 is 10.3 Å². The molecule has 0 aliphatic heterocycles. The van der Waals surface area contributed by atoms with Crippen molar-refractivity contribution in [2.45, 2.75) is 6.42 Å². The fourth-order valence-corrected chi connectivity index (χ4v) is 1.68. The van der Waals surface area contributed by atoms with E-state index in [0.29, 0.717) is 18.5 Å². The first kappa shape index (κ1) is 13.6. The number of carbonyl (C=O) groups is 1. The Morgan fingerprint density at radius 1 is 1.50 bits per heavy atom. The van der Waals surface area contributed by atoms with Crippen LogP contribution in [0.15, 0.2) is 42.7 Å². The Kier molecular flexibility index (Phi) is 4.68. The van der Waals surface area contributed by atoms with Gasteiger partial charge in [0.15, 0.2) is 0 Å². The normalized spacial score (nSPS) is 10.3. The van der Waals surface area contributed by atoms with Crippen molar-refractivity contribution in [2.24, 2.45) is 0 Å². The number of hydrogen-bond acceptors (Lipinski definition) is 3. The number of hydrogen-bond donors (Lipinski definition) is 2. The highest BCUT2D eigenvalue weighted by molar-refractivity contribution is 5.91. The second-order valence-electron chi connectivity index (χ2n) is 4.15. The highest BCUT2D eigenvalue weighted by atomic mass is 16.1. The molecule has 1 aromatic carbocycles. The molecular formula is C15H14N4O. The van der Waals surface area contributed by atoms with Gasteiger partial charge in [-0.15, -0.1) is 0 Å². The van der Waals surface area contributed by atoms with Crippen molar-refractivity contribution in [3.8, 4) is 6.07 Å². The van der Waals surface area contributed by atoms with Gasteiger partial charge in [0.1, 0.15) is 5.82 Å². The van der Waals surface area contributed by atoms with Crippen molar-refractivity contribution >= 4 is 12.0 Å². The topological polar surface area (TPSA) is 81.6 Å². The summed E-state index contributed by atoms with van der Waals surface area (Å²) < 4.78 is 0. The van der Waals surface area contributed by atoms with Crippen LogP contribution in [0.5, 0.6) is 0 Å². The number of amides is 1. The molecule has 0 atom stereocenters. The number of nitriles is 1. The van der Waals surface area contributed by atoms with Gasteiger partial charge in [-0.2, -0.15) is 5.26 Å². The summed E-state index contributed by atoms with van der Waals surface area (Å²) in [5.41, 5.74) is 1.40. The molecule has 5 nitrogen and oxygen atoms in total. The molecule has 100 valence electrons. The summed E-state index contributed by atoms with van der Waals surface area (Å²) in [4.78, 5) is 18.6. The molecule has 2 aromatic rings. The van der Waals surface area contributed by atoms with Gasteiger partial charge in [0, 0.05) is 31.4 Å². The number of aromatic nitrogens is 2. The summed E-state index contributed by atoms with van der Waals surface area (Å²) in [6, 6.07) is 9.14. The molecule has 0 fully saturated rings. The van der Waals surface area contributed by atoms with Gasteiger partial charge in [0.2, 0.25) is 5.91 Å². The summed E-state index contributed by atoms with van der Waals surface area (Å²) in [5, 5.41) is 11.6. The first-order chi connectivity index (χ1) is 9.78. The van der Waals surface area contributed by atoms with Gasteiger partial charge in [0.25, 0.3) is 0 Å². The van der Waals surface area contributed by atoms with Crippen LogP contribution >= 0.6 is 0 Å². The van der Waals surface area contributed by atoms with Gasteiger partial charge >= 0.3 is 0 Å². The first-order valence-electron chi connectivity index (χ1n) is 6.22. The number of imidazole rings is 1. The predicted octanol–water partition coefficient (Wildman–Crippen LogP) is 1.65. The molecule has 0 aliphatic carbocycles. The lowest BCUT2D eigenvalue weighted by molar-refractivity contribution is -0.116. The largest absolute Gasteiger partial charge is 0.352 e. The molecule has 0 radical (unpaired) electrons. The third-order valence-corrected chi connectivity index (χ3v) is 2.66. The molecule has 0 saturated heterocycles. The number of H-pyrrole nitrogens is 1. The van der Waals surface area contributed by atoms with Crippen LogP contribution in [0.2, 0.25) is 0 Å². The van der Waals surface area contributed by atoms with Gasteiger partial charge in [0.05, 0.1) is 11.6 Å². The number of carbonyl (C=O) groups excluding carboxylic acids is 1. The van der Waals surface area contributed by atoms with Crippen LogP contribution in [0, 0.1) is 11.3 Å². The lowest BCUT2D eigenvalue weighted by atomic mass is 10.1. The Labute approximate surface area is 117 Å². The van der Waals surface area contributed by atoms with E-state index in [0.717, 1.165) is 11.4 Å². The Hall–Kier alpha value is -2.87. The van der Waals surface area contributed by atoms with E-state index in [1.165, 1.54) is 6.08 Å². The number of nitrogens with zero attached hydrogens (tertiary/aromatic N) is 2. The zero-order valence-corrected chi connectivity index (χ0v) is 10.8. The van der Waals surface area contributed by atoms with E-state index < -0.39 is 0 Å². The Bertz CT molecular complexity index is 638. The maximum Gasteiger partial charge on any atom is 0.244 e. The van der Waals surface area contributed by atoms with Crippen LogP contribution in [-0.4, -0.2) is 22.4 Å². The number of aromatic amines is 1. The number of benzene rings is 1. The average Bonchev–Trinajstić information content (AvgIpc) is 2.98. The van der Waals surface area contributed by atoms with Gasteiger partial charge in [-0.1, -0.05) is 12.1 Å². The summed E-state index contributed by atoms with van der Waals surface area (Å²) >= 11 is 0. The minimum Gasteiger partial charge on any atom is -0.352 e. The van der Waals surface area contributed by atoms with Crippen molar-refractivity contribution in [1.82, 2.24) is 15.3 Å². The maximum absolute atomic E-state index is 11.6. The molecular weight excluding hydrogens is 252 g/mol. The number of rotatable bonds is 5. The number of nitrogens with one attached hydrogen (secondary N) is 2. The van der Waals surface area contributed by atoms with Crippen molar-refractivity contribution in [3.63, 3.8) is 0 Å². The molecule has 2 N–H and O–H groups in total. The highest BCUT2D eigenvalue weighted by Gasteiger charge is 1.98. The van der Waals surface area contributed by atoms with Crippen LogP contribution < -0.4 is 5.32 Å². The summed E-state index contributed by atoms with van der Waals surface area (Å²) in [6.45, 7) is 0.523. The van der Waals surface area contributed by atoms with Crippen molar-refractivity contribution in [3.05, 3.63) is 59.7 Å². The van der Waals surface area contributed by atoms with E-state index >= 15 is 0 Å². The minimum absolute atomic E-state index is 0.168. The van der Waals surface area contributed by atoms with Crippen LogP contribution in [0.3, 0.4) is 0 Å². The van der Waals surface area contributed by atoms with Crippen molar-refractivity contribution in [1.29, 1.82) is 5.26 Å². The summed E-state index contributed by atoms with van der Waals surface area (Å²) in [5.74, 6) is 0.676. The zero-order chi connectivity index (χ0) is 14.2. The summed E-state index contributed by atoms with van der Waals surface area (Å²) in [6.07, 6.45) is 7.23. The van der Waals surface area contributed by atoms with Gasteiger partial charge in [-0.05, 0) is 23.8 Å². The van der Waals surface area contributed by atoms with E-state index in [2.05, 4.69) is 21.4 Å². The molecule has 1 amide bonds.